The van der Waals surface area contributed by atoms with E-state index in [0.29, 0.717) is 16.8 Å². The van der Waals surface area contributed by atoms with E-state index in [1.54, 1.807) is 13.1 Å². The minimum Gasteiger partial charge on any atom is -0.416 e. The lowest BCUT2D eigenvalue weighted by Gasteiger charge is -2.05. The highest BCUT2D eigenvalue weighted by Crippen LogP contribution is 2.33. The van der Waals surface area contributed by atoms with Crippen molar-refractivity contribution in [2.75, 3.05) is 5.73 Å². The van der Waals surface area contributed by atoms with E-state index in [1.807, 2.05) is 24.3 Å². The van der Waals surface area contributed by atoms with Gasteiger partial charge in [-0.05, 0) is 36.0 Å². The number of anilines is 1. The zero-order valence-corrected chi connectivity index (χ0v) is 10.4. The van der Waals surface area contributed by atoms with Gasteiger partial charge in [0.15, 0.2) is 0 Å². The van der Waals surface area contributed by atoms with Crippen LogP contribution < -0.4 is 5.73 Å². The second-order valence-electron chi connectivity index (χ2n) is 3.74. The van der Waals surface area contributed by atoms with Crippen LogP contribution in [0.2, 0.25) is 0 Å². The maximum Gasteiger partial charge on any atom is 0.281 e. The molecule has 3 rings (SSSR count). The Balaban J connectivity index is 2.09. The number of nitrogens with two attached hydrogens (primary N) is 1. The van der Waals surface area contributed by atoms with Crippen molar-refractivity contribution in [3.63, 3.8) is 0 Å². The molecule has 1 aromatic carbocycles. The minimum absolute atomic E-state index is 0.504. The van der Waals surface area contributed by atoms with E-state index in [4.69, 9.17) is 10.2 Å². The molecule has 18 heavy (non-hydrogen) atoms. The second kappa shape index (κ2) is 4.30. The molecule has 0 aliphatic rings. The molecule has 2 heterocycles. The number of aromatic nitrogens is 3. The fourth-order valence-electron chi connectivity index (χ4n) is 1.66. The molecule has 0 unspecified atom stereocenters. The predicted molar refractivity (Wildman–Crippen MR) is 69.3 cm³/mol. The molecule has 0 atom stereocenters. The maximum absolute atomic E-state index is 5.92. The Morgan fingerprint density at radius 2 is 2.11 bits per heavy atom. The second-order valence-corrected chi connectivity index (χ2v) is 4.73. The zero-order chi connectivity index (χ0) is 12.5. The van der Waals surface area contributed by atoms with Crippen LogP contribution in [0.3, 0.4) is 0 Å². The molecular weight excluding hydrogens is 248 g/mol. The van der Waals surface area contributed by atoms with Crippen LogP contribution in [0.25, 0.3) is 10.9 Å². The highest BCUT2D eigenvalue weighted by Gasteiger charge is 2.10. The average Bonchev–Trinajstić information content (AvgIpc) is 2.79. The SMILES string of the molecule is Cc1nnc(Sc2ccc(N)c3cccnc23)o1. The quantitative estimate of drug-likeness (QED) is 0.712. The average molecular weight is 258 g/mol. The Morgan fingerprint density at radius 3 is 2.89 bits per heavy atom. The summed E-state index contributed by atoms with van der Waals surface area (Å²) in [5.41, 5.74) is 7.48. The van der Waals surface area contributed by atoms with Crippen molar-refractivity contribution in [3.05, 3.63) is 36.4 Å². The number of benzene rings is 1. The molecule has 0 saturated carbocycles. The summed E-state index contributed by atoms with van der Waals surface area (Å²) in [7, 11) is 0. The van der Waals surface area contributed by atoms with Crippen LogP contribution >= 0.6 is 11.8 Å². The molecule has 2 N–H and O–H groups in total. The van der Waals surface area contributed by atoms with Crippen molar-refractivity contribution in [1.82, 2.24) is 15.2 Å². The van der Waals surface area contributed by atoms with E-state index in [0.717, 1.165) is 15.8 Å². The van der Waals surface area contributed by atoms with Crippen molar-refractivity contribution in [2.24, 2.45) is 0 Å². The van der Waals surface area contributed by atoms with E-state index >= 15 is 0 Å². The predicted octanol–water partition coefficient (Wildman–Crippen LogP) is 2.66. The third-order valence-electron chi connectivity index (χ3n) is 2.47. The van der Waals surface area contributed by atoms with E-state index in [-0.39, 0.29) is 0 Å². The first kappa shape index (κ1) is 11.0. The molecule has 0 spiro atoms. The van der Waals surface area contributed by atoms with E-state index in [2.05, 4.69) is 15.2 Å². The van der Waals surface area contributed by atoms with Gasteiger partial charge in [0.1, 0.15) is 0 Å². The first-order valence-corrected chi connectivity index (χ1v) is 6.17. The lowest BCUT2D eigenvalue weighted by atomic mass is 10.2. The van der Waals surface area contributed by atoms with Gasteiger partial charge in [0.2, 0.25) is 5.89 Å². The van der Waals surface area contributed by atoms with Gasteiger partial charge in [-0.25, -0.2) is 0 Å². The largest absolute Gasteiger partial charge is 0.416 e. The van der Waals surface area contributed by atoms with Crippen molar-refractivity contribution in [3.8, 4) is 0 Å². The minimum atomic E-state index is 0.504. The monoisotopic (exact) mass is 258 g/mol. The van der Waals surface area contributed by atoms with Crippen LogP contribution in [-0.2, 0) is 0 Å². The molecule has 6 heteroatoms. The summed E-state index contributed by atoms with van der Waals surface area (Å²) < 4.78 is 5.35. The first-order chi connectivity index (χ1) is 8.74. The number of hydrogen-bond donors (Lipinski definition) is 1. The van der Waals surface area contributed by atoms with Gasteiger partial charge in [0, 0.05) is 29.1 Å². The number of aryl methyl sites for hydroxylation is 1. The first-order valence-electron chi connectivity index (χ1n) is 5.35. The molecule has 0 fully saturated rings. The number of hydrogen-bond acceptors (Lipinski definition) is 6. The number of nitrogens with zero attached hydrogens (tertiary/aromatic N) is 3. The third kappa shape index (κ3) is 1.91. The van der Waals surface area contributed by atoms with Crippen LogP contribution in [0, 0.1) is 6.92 Å². The summed E-state index contributed by atoms with van der Waals surface area (Å²) in [5.74, 6) is 0.546. The molecule has 2 aromatic heterocycles. The highest BCUT2D eigenvalue weighted by molar-refractivity contribution is 7.99. The molecule has 0 saturated heterocycles. The Bertz CT molecular complexity index is 710. The van der Waals surface area contributed by atoms with E-state index < -0.39 is 0 Å². The Labute approximate surface area is 107 Å². The number of nitrogen functional groups attached to an aromatic ring is 1. The van der Waals surface area contributed by atoms with Gasteiger partial charge in [-0.1, -0.05) is 0 Å². The standard InChI is InChI=1S/C12H10N4OS/c1-7-15-16-12(17-7)18-10-5-4-9(13)8-3-2-6-14-11(8)10/h2-6H,13H2,1H3. The summed E-state index contributed by atoms with van der Waals surface area (Å²) in [4.78, 5) is 5.30. The molecule has 0 radical (unpaired) electrons. The lowest BCUT2D eigenvalue weighted by Crippen LogP contribution is -1.90. The topological polar surface area (TPSA) is 77.8 Å². The van der Waals surface area contributed by atoms with Gasteiger partial charge in [-0.15, -0.1) is 10.2 Å². The summed E-state index contributed by atoms with van der Waals surface area (Å²) in [5, 5.41) is 9.19. The van der Waals surface area contributed by atoms with Crippen molar-refractivity contribution >= 4 is 28.4 Å². The Morgan fingerprint density at radius 1 is 1.22 bits per heavy atom. The molecule has 0 aliphatic carbocycles. The summed E-state index contributed by atoms with van der Waals surface area (Å²) in [6.07, 6.45) is 1.74. The molecule has 5 nitrogen and oxygen atoms in total. The number of fused-ring (bicyclic) bond motifs is 1. The Kier molecular flexibility index (Phi) is 2.64. The fourth-order valence-corrected chi connectivity index (χ4v) is 2.49. The molecule has 3 aromatic rings. The van der Waals surface area contributed by atoms with Crippen LogP contribution in [0.1, 0.15) is 5.89 Å². The smallest absolute Gasteiger partial charge is 0.281 e. The molecular formula is C12H10N4OS. The van der Waals surface area contributed by atoms with Gasteiger partial charge < -0.3 is 10.2 Å². The van der Waals surface area contributed by atoms with Crippen molar-refractivity contribution < 1.29 is 4.42 Å². The van der Waals surface area contributed by atoms with Gasteiger partial charge in [-0.3, -0.25) is 4.98 Å². The van der Waals surface area contributed by atoms with Gasteiger partial charge in [0.05, 0.1) is 5.52 Å². The normalized spacial score (nSPS) is 10.9. The van der Waals surface area contributed by atoms with Crippen LogP contribution in [0.15, 0.2) is 45.0 Å². The van der Waals surface area contributed by atoms with Crippen LogP contribution in [0.4, 0.5) is 5.69 Å². The fraction of sp³-hybridized carbons (Fsp3) is 0.0833. The van der Waals surface area contributed by atoms with Crippen LogP contribution in [-0.4, -0.2) is 15.2 Å². The highest BCUT2D eigenvalue weighted by atomic mass is 32.2. The van der Waals surface area contributed by atoms with E-state index in [9.17, 15) is 0 Å². The van der Waals surface area contributed by atoms with Gasteiger partial charge >= 0.3 is 0 Å². The lowest BCUT2D eigenvalue weighted by molar-refractivity contribution is 0.429. The summed E-state index contributed by atoms with van der Waals surface area (Å²) >= 11 is 1.39. The van der Waals surface area contributed by atoms with Gasteiger partial charge in [-0.2, -0.15) is 0 Å². The number of rotatable bonds is 2. The molecule has 90 valence electrons. The zero-order valence-electron chi connectivity index (χ0n) is 9.62. The van der Waals surface area contributed by atoms with Crippen molar-refractivity contribution in [1.29, 1.82) is 0 Å². The Hall–Kier alpha value is -2.08. The third-order valence-corrected chi connectivity index (χ3v) is 3.36. The molecule has 0 bridgehead atoms. The summed E-state index contributed by atoms with van der Waals surface area (Å²) in [6, 6.07) is 7.58. The summed E-state index contributed by atoms with van der Waals surface area (Å²) in [6.45, 7) is 1.76. The van der Waals surface area contributed by atoms with Gasteiger partial charge in [0.25, 0.3) is 5.22 Å². The van der Waals surface area contributed by atoms with Crippen LogP contribution in [0.5, 0.6) is 0 Å². The van der Waals surface area contributed by atoms with E-state index in [1.165, 1.54) is 11.8 Å². The van der Waals surface area contributed by atoms with Crippen molar-refractivity contribution in [2.45, 2.75) is 17.0 Å². The number of pyridine rings is 1. The molecule has 0 aliphatic heterocycles. The molecule has 0 amide bonds. The maximum atomic E-state index is 5.92.